The van der Waals surface area contributed by atoms with Gasteiger partial charge in [0.1, 0.15) is 17.6 Å². The molecule has 1 aromatic heterocycles. The van der Waals surface area contributed by atoms with E-state index in [1.54, 1.807) is 12.3 Å². The first-order valence-electron chi connectivity index (χ1n) is 8.84. The third-order valence-corrected chi connectivity index (χ3v) is 6.66. The number of benzene rings is 1. The van der Waals surface area contributed by atoms with Crippen molar-refractivity contribution in [2.75, 3.05) is 24.5 Å². The first-order chi connectivity index (χ1) is 13.0. The van der Waals surface area contributed by atoms with Crippen LogP contribution in [-0.4, -0.2) is 37.9 Å². The van der Waals surface area contributed by atoms with E-state index in [4.69, 9.17) is 4.74 Å². The maximum Gasteiger partial charge on any atom is 0.159 e. The lowest BCUT2D eigenvalue weighted by atomic mass is 10.2. The summed E-state index contributed by atoms with van der Waals surface area (Å²) in [7, 11) is -3.34. The molecule has 0 saturated carbocycles. The van der Waals surface area contributed by atoms with E-state index in [0.717, 1.165) is 29.2 Å². The molecule has 27 heavy (non-hydrogen) atoms. The van der Waals surface area contributed by atoms with E-state index >= 15 is 0 Å². The zero-order chi connectivity index (χ0) is 19.3. The summed E-state index contributed by atoms with van der Waals surface area (Å²) in [5, 5.41) is 2.53. The van der Waals surface area contributed by atoms with Crippen LogP contribution in [0.3, 0.4) is 0 Å². The van der Waals surface area contributed by atoms with Gasteiger partial charge in [0, 0.05) is 23.9 Å². The van der Waals surface area contributed by atoms with E-state index in [1.807, 2.05) is 49.0 Å². The van der Waals surface area contributed by atoms with Gasteiger partial charge >= 0.3 is 0 Å². The second-order valence-corrected chi connectivity index (χ2v) is 9.70. The highest BCUT2D eigenvalue weighted by molar-refractivity contribution is 7.99. The van der Waals surface area contributed by atoms with Crippen LogP contribution in [0.2, 0.25) is 0 Å². The molecule has 0 amide bonds. The molecule has 1 aliphatic heterocycles. The Morgan fingerprint density at radius 2 is 2.04 bits per heavy atom. The maximum atomic E-state index is 12.2. The summed E-state index contributed by atoms with van der Waals surface area (Å²) in [4.78, 5) is 4.32. The maximum absolute atomic E-state index is 12.2. The summed E-state index contributed by atoms with van der Waals surface area (Å²) in [6.45, 7) is 2.07. The van der Waals surface area contributed by atoms with Crippen molar-refractivity contribution < 1.29 is 13.2 Å². The number of pyridine rings is 1. The Kier molecular flexibility index (Phi) is 6.44. The van der Waals surface area contributed by atoms with Gasteiger partial charge in [-0.25, -0.2) is 8.42 Å². The second kappa shape index (κ2) is 8.80. The van der Waals surface area contributed by atoms with Gasteiger partial charge in [0.15, 0.2) is 9.84 Å². The zero-order valence-corrected chi connectivity index (χ0v) is 17.1. The molecule has 1 aliphatic rings. The summed E-state index contributed by atoms with van der Waals surface area (Å²) in [5.74, 6) is 2.59. The van der Waals surface area contributed by atoms with Gasteiger partial charge in [-0.2, -0.15) is 0 Å². The minimum atomic E-state index is -3.34. The zero-order valence-electron chi connectivity index (χ0n) is 15.5. The van der Waals surface area contributed by atoms with E-state index in [9.17, 15) is 8.42 Å². The number of hydrogen-bond acceptors (Lipinski definition) is 6. The van der Waals surface area contributed by atoms with Crippen molar-refractivity contribution in [2.24, 2.45) is 0 Å². The Morgan fingerprint density at radius 3 is 2.59 bits per heavy atom. The Hall–Kier alpha value is -1.99. The fourth-order valence-corrected chi connectivity index (χ4v) is 4.43. The molecule has 0 radical (unpaired) electrons. The van der Waals surface area contributed by atoms with Gasteiger partial charge in [-0.15, -0.1) is 11.8 Å². The molecule has 5 nitrogen and oxygen atoms in total. The van der Waals surface area contributed by atoms with E-state index in [1.165, 1.54) is 12.0 Å². The van der Waals surface area contributed by atoms with Crippen LogP contribution in [0.25, 0.3) is 6.08 Å². The molecule has 1 atom stereocenters. The molecule has 2 heterocycles. The van der Waals surface area contributed by atoms with Crippen LogP contribution in [0, 0.1) is 0 Å². The van der Waals surface area contributed by atoms with Crippen LogP contribution < -0.4 is 10.1 Å². The van der Waals surface area contributed by atoms with Gasteiger partial charge in [-0.1, -0.05) is 25.1 Å². The fourth-order valence-electron chi connectivity index (χ4n) is 2.75. The smallest absolute Gasteiger partial charge is 0.159 e. The predicted octanol–water partition coefficient (Wildman–Crippen LogP) is 3.44. The van der Waals surface area contributed by atoms with E-state index in [-0.39, 0.29) is 6.61 Å². The third-order valence-electron chi connectivity index (χ3n) is 4.38. The molecular formula is C20H24N2O3S2. The van der Waals surface area contributed by atoms with Gasteiger partial charge in [0.2, 0.25) is 0 Å². The first-order valence-corrected chi connectivity index (χ1v) is 12.0. The number of sulfone groups is 1. The molecule has 0 spiro atoms. The van der Waals surface area contributed by atoms with E-state index < -0.39 is 15.1 Å². The number of hydrogen-bond donors (Lipinski definition) is 1. The minimum absolute atomic E-state index is 0.0376. The monoisotopic (exact) mass is 404 g/mol. The molecule has 2 aromatic rings. The lowest BCUT2D eigenvalue weighted by Crippen LogP contribution is -2.20. The number of thioether (sulfide) groups is 1. The Balaban J connectivity index is 1.68. The Labute approximate surface area is 165 Å². The van der Waals surface area contributed by atoms with Crippen LogP contribution >= 0.6 is 11.8 Å². The molecule has 0 aliphatic carbocycles. The molecule has 0 bridgehead atoms. The molecular weight excluding hydrogens is 380 g/mol. The van der Waals surface area contributed by atoms with Crippen molar-refractivity contribution in [1.82, 2.24) is 10.3 Å². The largest absolute Gasteiger partial charge is 0.492 e. The summed E-state index contributed by atoms with van der Waals surface area (Å²) in [6.07, 6.45) is 5.93. The number of ether oxygens (including phenoxy) is 1. The van der Waals surface area contributed by atoms with Crippen molar-refractivity contribution in [3.05, 3.63) is 65.1 Å². The van der Waals surface area contributed by atoms with Gasteiger partial charge in [0.25, 0.3) is 0 Å². The fraction of sp³-hybridized carbons (Fsp3) is 0.350. The van der Waals surface area contributed by atoms with Gasteiger partial charge in [0.05, 0.1) is 11.6 Å². The normalized spacial score (nSPS) is 16.9. The average molecular weight is 405 g/mol. The molecule has 3 rings (SSSR count). The van der Waals surface area contributed by atoms with Crippen LogP contribution in [0.1, 0.15) is 29.0 Å². The van der Waals surface area contributed by atoms with Crippen LogP contribution in [-0.2, 0) is 16.3 Å². The second-order valence-electron chi connectivity index (χ2n) is 6.48. The Bertz CT molecular complexity index is 884. The number of nitrogens with zero attached hydrogens (tertiary/aromatic N) is 1. The molecule has 1 N–H and O–H groups in total. The van der Waals surface area contributed by atoms with Gasteiger partial charge < -0.3 is 10.1 Å². The van der Waals surface area contributed by atoms with Crippen LogP contribution in [0.4, 0.5) is 0 Å². The third kappa shape index (κ3) is 5.49. The highest BCUT2D eigenvalue weighted by atomic mass is 32.2. The number of nitrogens with one attached hydrogen (secondary N) is 1. The quantitative estimate of drug-likeness (QED) is 0.762. The number of rotatable bonds is 7. The summed E-state index contributed by atoms with van der Waals surface area (Å²) >= 11 is 1.85. The minimum Gasteiger partial charge on any atom is -0.492 e. The summed E-state index contributed by atoms with van der Waals surface area (Å²) in [6, 6.07) is 11.4. The number of aryl methyl sites for hydroxylation is 1. The molecule has 1 aromatic carbocycles. The van der Waals surface area contributed by atoms with Crippen molar-refractivity contribution >= 4 is 27.7 Å². The Morgan fingerprint density at radius 1 is 1.26 bits per heavy atom. The lowest BCUT2D eigenvalue weighted by Gasteiger charge is -2.16. The van der Waals surface area contributed by atoms with Gasteiger partial charge in [-0.05, 0) is 41.8 Å². The van der Waals surface area contributed by atoms with Gasteiger partial charge in [-0.3, -0.25) is 4.98 Å². The highest BCUT2D eigenvalue weighted by Gasteiger charge is 2.25. The van der Waals surface area contributed by atoms with Crippen molar-refractivity contribution in [3.8, 4) is 5.75 Å². The van der Waals surface area contributed by atoms with Crippen molar-refractivity contribution in [2.45, 2.75) is 18.6 Å². The van der Waals surface area contributed by atoms with Crippen molar-refractivity contribution in [3.63, 3.8) is 0 Å². The molecule has 144 valence electrons. The first kappa shape index (κ1) is 19.8. The SMILES string of the molecule is CCc1ccc(C(COc2ccc(/C=C3/CSCN3)cc2)S(C)(=O)=O)nc1. The molecule has 1 saturated heterocycles. The molecule has 7 heteroatoms. The predicted molar refractivity (Wildman–Crippen MR) is 112 cm³/mol. The van der Waals surface area contributed by atoms with Crippen LogP contribution in [0.15, 0.2) is 48.3 Å². The molecule has 1 fully saturated rings. The van der Waals surface area contributed by atoms with E-state index in [0.29, 0.717) is 11.4 Å². The number of aromatic nitrogens is 1. The summed E-state index contributed by atoms with van der Waals surface area (Å²) < 4.78 is 30.2. The summed E-state index contributed by atoms with van der Waals surface area (Å²) in [5.41, 5.74) is 3.89. The van der Waals surface area contributed by atoms with Crippen molar-refractivity contribution in [1.29, 1.82) is 0 Å². The van der Waals surface area contributed by atoms with E-state index in [2.05, 4.69) is 16.4 Å². The topological polar surface area (TPSA) is 68.3 Å². The lowest BCUT2D eigenvalue weighted by molar-refractivity contribution is 0.312. The highest BCUT2D eigenvalue weighted by Crippen LogP contribution is 2.23. The standard InChI is InChI=1S/C20H24N2O3S2/c1-3-15-6-9-19(21-11-15)20(27(2,23)24)12-25-18-7-4-16(5-8-18)10-17-13-26-14-22-17/h4-11,20,22H,3,12-14H2,1-2H3/b17-10-. The molecule has 1 unspecified atom stereocenters. The van der Waals surface area contributed by atoms with Crippen LogP contribution in [0.5, 0.6) is 5.75 Å². The average Bonchev–Trinajstić information content (AvgIpc) is 3.16.